The molecular formula is C27H38N4O6S. The summed E-state index contributed by atoms with van der Waals surface area (Å²) in [5.41, 5.74) is 4.10. The smallest absolute Gasteiger partial charge is 0.246 e. The first kappa shape index (κ1) is 29.7. The van der Waals surface area contributed by atoms with Crippen LogP contribution in [0.3, 0.4) is 0 Å². The molecule has 0 saturated carbocycles. The standard InChI is InChI=1S/C27H38N4O6S/c1-17-23(38-16-29-17)19-8-6-18(7-9-19)13-28-25(35)21-12-20(33)14-31(21)26(36)24(27(2,3)4)30-22(34)15-37-11-5-10-32/h6-9,16,20-21,24,32-33H,5,10-15H2,1-4H3,(H,28,35)(H,30,34)/t20-,21+,24-/m1/s1. The van der Waals surface area contributed by atoms with Gasteiger partial charge in [-0.15, -0.1) is 11.3 Å². The molecule has 2 heterocycles. The number of nitrogens with zero attached hydrogens (tertiary/aromatic N) is 2. The molecule has 4 N–H and O–H groups in total. The molecule has 38 heavy (non-hydrogen) atoms. The third-order valence-corrected chi connectivity index (χ3v) is 7.37. The number of likely N-dealkylation sites (tertiary alicyclic amines) is 1. The fourth-order valence-electron chi connectivity index (χ4n) is 4.31. The molecule has 3 amide bonds. The normalized spacial score (nSPS) is 18.3. The number of hydrogen-bond acceptors (Lipinski definition) is 8. The zero-order valence-corrected chi connectivity index (χ0v) is 23.2. The SMILES string of the molecule is Cc1ncsc1-c1ccc(CNC(=O)[C@@H]2C[C@@H](O)CN2C(=O)[C@@H](NC(=O)COCCCO)C(C)(C)C)cc1. The Kier molecular flexibility index (Phi) is 10.4. The van der Waals surface area contributed by atoms with Gasteiger partial charge in [-0.1, -0.05) is 45.0 Å². The van der Waals surface area contributed by atoms with Crippen molar-refractivity contribution in [2.24, 2.45) is 5.41 Å². The number of aliphatic hydroxyl groups is 2. The van der Waals surface area contributed by atoms with Crippen molar-refractivity contribution in [2.45, 2.75) is 65.3 Å². The number of β-amino-alcohol motifs (C(OH)–C–C–N with tert-alkyl or cyclic N) is 1. The number of rotatable bonds is 11. The molecule has 0 bridgehead atoms. The first-order valence-electron chi connectivity index (χ1n) is 12.7. The maximum atomic E-state index is 13.6. The van der Waals surface area contributed by atoms with Crippen LogP contribution in [0.5, 0.6) is 0 Å². The summed E-state index contributed by atoms with van der Waals surface area (Å²) in [7, 11) is 0. The van der Waals surface area contributed by atoms with Crippen LogP contribution in [0.1, 0.15) is 44.9 Å². The van der Waals surface area contributed by atoms with Crippen molar-refractivity contribution >= 4 is 29.1 Å². The van der Waals surface area contributed by atoms with Crippen molar-refractivity contribution in [3.63, 3.8) is 0 Å². The monoisotopic (exact) mass is 546 g/mol. The molecule has 2 aromatic rings. The molecule has 0 spiro atoms. The number of aromatic nitrogens is 1. The van der Waals surface area contributed by atoms with Gasteiger partial charge in [0.25, 0.3) is 0 Å². The molecule has 1 aliphatic rings. The highest BCUT2D eigenvalue weighted by atomic mass is 32.1. The number of carbonyl (C=O) groups excluding carboxylic acids is 3. The quantitative estimate of drug-likeness (QED) is 0.314. The zero-order valence-electron chi connectivity index (χ0n) is 22.4. The van der Waals surface area contributed by atoms with Gasteiger partial charge in [-0.25, -0.2) is 4.98 Å². The number of ether oxygens (including phenoxy) is 1. The molecule has 208 valence electrons. The van der Waals surface area contributed by atoms with Crippen LogP contribution in [-0.4, -0.2) is 82.4 Å². The molecule has 3 rings (SSSR count). The Bertz CT molecular complexity index is 1100. The minimum Gasteiger partial charge on any atom is -0.396 e. The highest BCUT2D eigenvalue weighted by Crippen LogP contribution is 2.28. The Balaban J connectivity index is 1.63. The molecule has 11 heteroatoms. The van der Waals surface area contributed by atoms with Crippen molar-refractivity contribution in [2.75, 3.05) is 26.4 Å². The summed E-state index contributed by atoms with van der Waals surface area (Å²) in [4.78, 5) is 45.9. The van der Waals surface area contributed by atoms with Crippen LogP contribution >= 0.6 is 11.3 Å². The second-order valence-electron chi connectivity index (χ2n) is 10.6. The molecular weight excluding hydrogens is 508 g/mol. The maximum absolute atomic E-state index is 13.6. The second-order valence-corrected chi connectivity index (χ2v) is 11.4. The first-order chi connectivity index (χ1) is 18.0. The van der Waals surface area contributed by atoms with E-state index in [0.717, 1.165) is 21.7 Å². The molecule has 3 atom stereocenters. The zero-order chi connectivity index (χ0) is 27.9. The van der Waals surface area contributed by atoms with E-state index < -0.39 is 35.4 Å². The van der Waals surface area contributed by atoms with E-state index in [2.05, 4.69) is 15.6 Å². The number of aliphatic hydroxyl groups excluding tert-OH is 2. The van der Waals surface area contributed by atoms with Gasteiger partial charge in [0.1, 0.15) is 18.7 Å². The van der Waals surface area contributed by atoms with Crippen LogP contribution in [-0.2, 0) is 25.7 Å². The van der Waals surface area contributed by atoms with Gasteiger partial charge in [0.15, 0.2) is 0 Å². The van der Waals surface area contributed by atoms with E-state index in [0.29, 0.717) is 6.42 Å². The van der Waals surface area contributed by atoms with E-state index in [1.807, 2.05) is 57.5 Å². The van der Waals surface area contributed by atoms with Crippen molar-refractivity contribution in [3.8, 4) is 10.4 Å². The maximum Gasteiger partial charge on any atom is 0.246 e. The highest BCUT2D eigenvalue weighted by molar-refractivity contribution is 7.13. The molecule has 1 aliphatic heterocycles. The van der Waals surface area contributed by atoms with Crippen molar-refractivity contribution < 1.29 is 29.3 Å². The lowest BCUT2D eigenvalue weighted by atomic mass is 9.85. The van der Waals surface area contributed by atoms with E-state index in [9.17, 15) is 19.5 Å². The van der Waals surface area contributed by atoms with Crippen LogP contribution in [0.4, 0.5) is 0 Å². The number of amides is 3. The Hall–Kier alpha value is -2.86. The van der Waals surface area contributed by atoms with Gasteiger partial charge < -0.3 is 30.5 Å². The average molecular weight is 547 g/mol. The molecule has 0 aliphatic carbocycles. The van der Waals surface area contributed by atoms with Crippen molar-refractivity contribution in [3.05, 3.63) is 41.0 Å². The number of thiazole rings is 1. The Morgan fingerprint density at radius 3 is 2.55 bits per heavy atom. The van der Waals surface area contributed by atoms with Gasteiger partial charge in [-0.05, 0) is 29.9 Å². The van der Waals surface area contributed by atoms with E-state index in [1.54, 1.807) is 11.3 Å². The summed E-state index contributed by atoms with van der Waals surface area (Å²) in [5.74, 6) is -1.25. The molecule has 1 saturated heterocycles. The Morgan fingerprint density at radius 1 is 1.24 bits per heavy atom. The minimum absolute atomic E-state index is 0.00919. The lowest BCUT2D eigenvalue weighted by Gasteiger charge is -2.35. The molecule has 0 unspecified atom stereocenters. The third-order valence-electron chi connectivity index (χ3n) is 6.39. The van der Waals surface area contributed by atoms with Gasteiger partial charge >= 0.3 is 0 Å². The number of carbonyl (C=O) groups is 3. The molecule has 0 radical (unpaired) electrons. The highest BCUT2D eigenvalue weighted by Gasteiger charge is 2.44. The summed E-state index contributed by atoms with van der Waals surface area (Å²) in [6.07, 6.45) is -0.307. The van der Waals surface area contributed by atoms with E-state index in [-0.39, 0.29) is 45.2 Å². The van der Waals surface area contributed by atoms with E-state index in [4.69, 9.17) is 9.84 Å². The second kappa shape index (κ2) is 13.3. The minimum atomic E-state index is -0.917. The lowest BCUT2D eigenvalue weighted by Crippen LogP contribution is -2.58. The summed E-state index contributed by atoms with van der Waals surface area (Å²) in [6, 6.07) is 6.09. The van der Waals surface area contributed by atoms with E-state index in [1.165, 1.54) is 4.90 Å². The van der Waals surface area contributed by atoms with Gasteiger partial charge in [0.05, 0.1) is 22.2 Å². The lowest BCUT2D eigenvalue weighted by molar-refractivity contribution is -0.144. The summed E-state index contributed by atoms with van der Waals surface area (Å²) in [5, 5.41) is 24.8. The number of benzene rings is 1. The van der Waals surface area contributed by atoms with Gasteiger partial charge in [0.2, 0.25) is 17.7 Å². The van der Waals surface area contributed by atoms with Crippen LogP contribution in [0, 0.1) is 12.3 Å². The molecule has 10 nitrogen and oxygen atoms in total. The van der Waals surface area contributed by atoms with Crippen molar-refractivity contribution in [1.82, 2.24) is 20.5 Å². The fraction of sp³-hybridized carbons (Fsp3) is 0.556. The molecule has 1 aromatic carbocycles. The summed E-state index contributed by atoms with van der Waals surface area (Å²) in [6.45, 7) is 7.66. The van der Waals surface area contributed by atoms with Crippen LogP contribution in [0.2, 0.25) is 0 Å². The summed E-state index contributed by atoms with van der Waals surface area (Å²) < 4.78 is 5.24. The molecule has 1 fully saturated rings. The predicted octanol–water partition coefficient (Wildman–Crippen LogP) is 1.63. The number of hydrogen-bond donors (Lipinski definition) is 4. The van der Waals surface area contributed by atoms with Crippen molar-refractivity contribution in [1.29, 1.82) is 0 Å². The van der Waals surface area contributed by atoms with Crippen LogP contribution in [0.25, 0.3) is 10.4 Å². The Morgan fingerprint density at radius 2 is 1.95 bits per heavy atom. The van der Waals surface area contributed by atoms with Crippen LogP contribution in [0.15, 0.2) is 29.8 Å². The first-order valence-corrected chi connectivity index (χ1v) is 13.6. The third kappa shape index (κ3) is 7.83. The predicted molar refractivity (Wildman–Crippen MR) is 144 cm³/mol. The fourth-order valence-corrected chi connectivity index (χ4v) is 5.13. The topological polar surface area (TPSA) is 141 Å². The van der Waals surface area contributed by atoms with E-state index >= 15 is 0 Å². The summed E-state index contributed by atoms with van der Waals surface area (Å²) >= 11 is 1.58. The largest absolute Gasteiger partial charge is 0.396 e. The Labute approximate surface area is 227 Å². The molecule has 1 aromatic heterocycles. The average Bonchev–Trinajstić information content (AvgIpc) is 3.48. The van der Waals surface area contributed by atoms with Gasteiger partial charge in [0, 0.05) is 32.7 Å². The van der Waals surface area contributed by atoms with Gasteiger partial charge in [-0.3, -0.25) is 14.4 Å². The van der Waals surface area contributed by atoms with Crippen LogP contribution < -0.4 is 10.6 Å². The number of nitrogens with one attached hydrogen (secondary N) is 2. The van der Waals surface area contributed by atoms with Gasteiger partial charge in [-0.2, -0.15) is 0 Å². The number of aryl methyl sites for hydroxylation is 1.